The van der Waals surface area contributed by atoms with Crippen LogP contribution in [-0.2, 0) is 6.42 Å². The fourth-order valence-electron chi connectivity index (χ4n) is 2.63. The van der Waals surface area contributed by atoms with E-state index in [0.29, 0.717) is 6.04 Å². The van der Waals surface area contributed by atoms with Gasteiger partial charge in [-0.2, -0.15) is 11.8 Å². The molecule has 0 amide bonds. The van der Waals surface area contributed by atoms with Crippen LogP contribution in [0.25, 0.3) is 0 Å². The van der Waals surface area contributed by atoms with Gasteiger partial charge in [0.2, 0.25) is 0 Å². The van der Waals surface area contributed by atoms with Gasteiger partial charge in [0, 0.05) is 6.04 Å². The number of likely N-dealkylation sites (N-methyl/N-ethyl adjacent to an activating group) is 1. The number of nitrogens with one attached hydrogen (secondary N) is 1. The van der Waals surface area contributed by atoms with Gasteiger partial charge in [-0.25, -0.2) is 0 Å². The van der Waals surface area contributed by atoms with E-state index in [1.165, 1.54) is 35.5 Å². The minimum Gasteiger partial charge on any atom is -0.314 e. The maximum Gasteiger partial charge on any atom is 0.0144 e. The van der Waals surface area contributed by atoms with Crippen molar-refractivity contribution >= 4 is 11.8 Å². The van der Waals surface area contributed by atoms with Crippen molar-refractivity contribution in [2.24, 2.45) is 5.92 Å². The molecule has 0 aliphatic carbocycles. The quantitative estimate of drug-likeness (QED) is 0.859. The first kappa shape index (κ1) is 13.0. The van der Waals surface area contributed by atoms with Crippen LogP contribution in [0.1, 0.15) is 24.5 Å². The van der Waals surface area contributed by atoms with E-state index in [2.05, 4.69) is 55.2 Å². The van der Waals surface area contributed by atoms with Crippen molar-refractivity contribution in [2.75, 3.05) is 18.1 Å². The van der Waals surface area contributed by atoms with E-state index in [0.717, 1.165) is 12.5 Å². The lowest BCUT2D eigenvalue weighted by Crippen LogP contribution is -2.38. The maximum atomic E-state index is 3.68. The standard InChI is InChI=1S/C15H23NS/c1-3-16-15(14-7-8-17-11-14)10-13-6-4-5-12(2)9-13/h4-6,9,14-16H,3,7-8,10-11H2,1-2H3. The van der Waals surface area contributed by atoms with E-state index in [-0.39, 0.29) is 0 Å². The Labute approximate surface area is 109 Å². The Morgan fingerprint density at radius 3 is 3.00 bits per heavy atom. The molecule has 0 saturated carbocycles. The molecule has 0 radical (unpaired) electrons. The first-order valence-corrected chi connectivity index (χ1v) is 7.81. The first-order valence-electron chi connectivity index (χ1n) is 6.66. The summed E-state index contributed by atoms with van der Waals surface area (Å²) in [6.45, 7) is 5.47. The fraction of sp³-hybridized carbons (Fsp3) is 0.600. The highest BCUT2D eigenvalue weighted by Gasteiger charge is 2.24. The fourth-order valence-corrected chi connectivity index (χ4v) is 3.97. The van der Waals surface area contributed by atoms with Gasteiger partial charge in [0.1, 0.15) is 0 Å². The summed E-state index contributed by atoms with van der Waals surface area (Å²) < 4.78 is 0. The predicted octanol–water partition coefficient (Wildman–Crippen LogP) is 3.27. The summed E-state index contributed by atoms with van der Waals surface area (Å²) in [6.07, 6.45) is 2.56. The lowest BCUT2D eigenvalue weighted by atomic mass is 9.92. The number of thioether (sulfide) groups is 1. The Hall–Kier alpha value is -0.470. The largest absolute Gasteiger partial charge is 0.314 e. The molecular formula is C15H23NS. The summed E-state index contributed by atoms with van der Waals surface area (Å²) in [6, 6.07) is 9.61. The summed E-state index contributed by atoms with van der Waals surface area (Å²) >= 11 is 2.11. The number of rotatable bonds is 5. The molecule has 1 saturated heterocycles. The summed E-state index contributed by atoms with van der Waals surface area (Å²) in [5.41, 5.74) is 2.85. The van der Waals surface area contributed by atoms with Gasteiger partial charge in [-0.1, -0.05) is 36.8 Å². The Kier molecular flexibility index (Phi) is 4.93. The zero-order chi connectivity index (χ0) is 12.1. The van der Waals surface area contributed by atoms with E-state index in [9.17, 15) is 0 Å². The van der Waals surface area contributed by atoms with Gasteiger partial charge in [-0.3, -0.25) is 0 Å². The Bertz CT molecular complexity index is 345. The van der Waals surface area contributed by atoms with Gasteiger partial charge < -0.3 is 5.32 Å². The molecular weight excluding hydrogens is 226 g/mol. The van der Waals surface area contributed by atoms with Crippen LogP contribution in [0.15, 0.2) is 24.3 Å². The third-order valence-electron chi connectivity index (χ3n) is 3.54. The van der Waals surface area contributed by atoms with E-state index >= 15 is 0 Å². The lowest BCUT2D eigenvalue weighted by Gasteiger charge is -2.24. The SMILES string of the molecule is CCNC(Cc1cccc(C)c1)C1CCSC1. The molecule has 1 aliphatic rings. The molecule has 1 aromatic rings. The van der Waals surface area contributed by atoms with Crippen LogP contribution in [0.5, 0.6) is 0 Å². The molecule has 17 heavy (non-hydrogen) atoms. The van der Waals surface area contributed by atoms with Gasteiger partial charge in [0.05, 0.1) is 0 Å². The third kappa shape index (κ3) is 3.75. The number of hydrogen-bond donors (Lipinski definition) is 1. The molecule has 2 heteroatoms. The van der Waals surface area contributed by atoms with Crippen LogP contribution < -0.4 is 5.32 Å². The lowest BCUT2D eigenvalue weighted by molar-refractivity contribution is 0.387. The predicted molar refractivity (Wildman–Crippen MR) is 77.8 cm³/mol. The molecule has 2 rings (SSSR count). The van der Waals surface area contributed by atoms with Crippen LogP contribution in [0.4, 0.5) is 0 Å². The van der Waals surface area contributed by atoms with Gasteiger partial charge >= 0.3 is 0 Å². The molecule has 0 bridgehead atoms. The van der Waals surface area contributed by atoms with E-state index in [1.54, 1.807) is 0 Å². The zero-order valence-electron chi connectivity index (χ0n) is 10.9. The third-order valence-corrected chi connectivity index (χ3v) is 4.73. The zero-order valence-corrected chi connectivity index (χ0v) is 11.7. The van der Waals surface area contributed by atoms with Crippen molar-refractivity contribution in [1.29, 1.82) is 0 Å². The maximum absolute atomic E-state index is 3.68. The number of benzene rings is 1. The van der Waals surface area contributed by atoms with Gasteiger partial charge in [0.25, 0.3) is 0 Å². The number of hydrogen-bond acceptors (Lipinski definition) is 2. The van der Waals surface area contributed by atoms with Crippen LogP contribution in [-0.4, -0.2) is 24.1 Å². The molecule has 1 aliphatic heterocycles. The summed E-state index contributed by atoms with van der Waals surface area (Å²) in [4.78, 5) is 0. The highest BCUT2D eigenvalue weighted by Crippen LogP contribution is 2.27. The van der Waals surface area contributed by atoms with E-state index < -0.39 is 0 Å². The molecule has 1 nitrogen and oxygen atoms in total. The minimum atomic E-state index is 0.664. The van der Waals surface area contributed by atoms with Crippen LogP contribution in [0.3, 0.4) is 0 Å². The van der Waals surface area contributed by atoms with Crippen LogP contribution >= 0.6 is 11.8 Å². The molecule has 1 heterocycles. The summed E-state index contributed by atoms with van der Waals surface area (Å²) in [5, 5.41) is 3.68. The van der Waals surface area contributed by atoms with Crippen molar-refractivity contribution in [3.63, 3.8) is 0 Å². The first-order chi connectivity index (χ1) is 8.29. The average molecular weight is 249 g/mol. The molecule has 2 unspecified atom stereocenters. The second kappa shape index (κ2) is 6.46. The Balaban J connectivity index is 2.01. The Morgan fingerprint density at radius 1 is 1.47 bits per heavy atom. The highest BCUT2D eigenvalue weighted by molar-refractivity contribution is 7.99. The van der Waals surface area contributed by atoms with Gasteiger partial charge in [0.15, 0.2) is 0 Å². The van der Waals surface area contributed by atoms with Crippen molar-refractivity contribution in [1.82, 2.24) is 5.32 Å². The van der Waals surface area contributed by atoms with Gasteiger partial charge in [-0.05, 0) is 49.3 Å². The van der Waals surface area contributed by atoms with Crippen molar-refractivity contribution in [2.45, 2.75) is 32.7 Å². The molecule has 94 valence electrons. The average Bonchev–Trinajstić information content (AvgIpc) is 2.82. The van der Waals surface area contributed by atoms with E-state index in [4.69, 9.17) is 0 Å². The molecule has 2 atom stereocenters. The summed E-state index contributed by atoms with van der Waals surface area (Å²) in [7, 11) is 0. The molecule has 1 aromatic carbocycles. The second-order valence-electron chi connectivity index (χ2n) is 4.98. The topological polar surface area (TPSA) is 12.0 Å². The van der Waals surface area contributed by atoms with Gasteiger partial charge in [-0.15, -0.1) is 0 Å². The summed E-state index contributed by atoms with van der Waals surface area (Å²) in [5.74, 6) is 3.55. The van der Waals surface area contributed by atoms with Crippen molar-refractivity contribution < 1.29 is 0 Å². The van der Waals surface area contributed by atoms with Crippen LogP contribution in [0.2, 0.25) is 0 Å². The molecule has 1 fully saturated rings. The molecule has 0 spiro atoms. The second-order valence-corrected chi connectivity index (χ2v) is 6.13. The van der Waals surface area contributed by atoms with Crippen LogP contribution in [0, 0.1) is 12.8 Å². The minimum absolute atomic E-state index is 0.664. The van der Waals surface area contributed by atoms with Crippen molar-refractivity contribution in [3.8, 4) is 0 Å². The molecule has 1 N–H and O–H groups in total. The normalized spacial score (nSPS) is 21.6. The Morgan fingerprint density at radius 2 is 2.35 bits per heavy atom. The highest BCUT2D eigenvalue weighted by atomic mass is 32.2. The molecule has 0 aromatic heterocycles. The smallest absolute Gasteiger partial charge is 0.0144 e. The monoisotopic (exact) mass is 249 g/mol. The number of aryl methyl sites for hydroxylation is 1. The van der Waals surface area contributed by atoms with Crippen molar-refractivity contribution in [3.05, 3.63) is 35.4 Å². The van der Waals surface area contributed by atoms with E-state index in [1.807, 2.05) is 0 Å².